The highest BCUT2D eigenvalue weighted by molar-refractivity contribution is 8.02. The molecule has 7 atom stereocenters. The van der Waals surface area contributed by atoms with Crippen LogP contribution in [0.1, 0.15) is 44.2 Å². The predicted octanol–water partition coefficient (Wildman–Crippen LogP) is 5.54. The number of fused-ring (bicyclic) bond motifs is 1. The molecular formula is C36H45N3O4S. The van der Waals surface area contributed by atoms with Crippen LogP contribution in [-0.2, 0) is 14.4 Å². The number of rotatable bonds is 12. The number of aliphatic hydroxyl groups excluding tert-OH is 1. The van der Waals surface area contributed by atoms with Gasteiger partial charge in [0.2, 0.25) is 11.8 Å². The summed E-state index contributed by atoms with van der Waals surface area (Å²) in [4.78, 5) is 49.5. The SMILES string of the molecule is C=CCN(C(=O)[C@@H]1[C@@H]2CCC3(S2)C(C(=O)N(CC=C)c2cc(C)ccc2C)N([C@@H](CO)[C@@H](C)CC)C(=O)[C@H]13)c1ccccc1. The first-order chi connectivity index (χ1) is 21.1. The van der Waals surface area contributed by atoms with Crippen LogP contribution in [0, 0.1) is 31.6 Å². The number of likely N-dealkylation sites (tertiary alicyclic amines) is 1. The van der Waals surface area contributed by atoms with Gasteiger partial charge in [-0.05, 0) is 61.9 Å². The summed E-state index contributed by atoms with van der Waals surface area (Å²) in [5.74, 6) is -1.76. The molecule has 44 heavy (non-hydrogen) atoms. The number of carbonyl (C=O) groups excluding carboxylic acids is 3. The van der Waals surface area contributed by atoms with Crippen molar-refractivity contribution in [1.29, 1.82) is 0 Å². The number of carbonyl (C=O) groups is 3. The van der Waals surface area contributed by atoms with E-state index in [0.717, 1.165) is 35.3 Å². The molecule has 2 bridgehead atoms. The van der Waals surface area contributed by atoms with Gasteiger partial charge in [0.05, 0.1) is 29.2 Å². The molecule has 5 rings (SSSR count). The average molecular weight is 616 g/mol. The first kappa shape index (κ1) is 32.0. The van der Waals surface area contributed by atoms with Crippen LogP contribution in [0.5, 0.6) is 0 Å². The van der Waals surface area contributed by atoms with Gasteiger partial charge < -0.3 is 19.8 Å². The van der Waals surface area contributed by atoms with E-state index in [1.165, 1.54) is 0 Å². The van der Waals surface area contributed by atoms with Crippen LogP contribution >= 0.6 is 11.8 Å². The zero-order valence-corrected chi connectivity index (χ0v) is 27.1. The van der Waals surface area contributed by atoms with E-state index in [1.54, 1.807) is 38.6 Å². The minimum atomic E-state index is -0.816. The van der Waals surface area contributed by atoms with Crippen molar-refractivity contribution in [3.8, 4) is 0 Å². The monoisotopic (exact) mass is 615 g/mol. The second-order valence-corrected chi connectivity index (χ2v) is 14.1. The van der Waals surface area contributed by atoms with E-state index in [2.05, 4.69) is 13.2 Å². The van der Waals surface area contributed by atoms with Crippen LogP contribution in [0.25, 0.3) is 0 Å². The summed E-state index contributed by atoms with van der Waals surface area (Å²) in [5, 5.41) is 10.7. The summed E-state index contributed by atoms with van der Waals surface area (Å²) in [5.41, 5.74) is 3.53. The van der Waals surface area contributed by atoms with E-state index in [1.807, 2.05) is 76.2 Å². The number of para-hydroxylation sites is 1. The molecule has 2 unspecified atom stereocenters. The lowest BCUT2D eigenvalue weighted by molar-refractivity contribution is -0.143. The molecule has 7 nitrogen and oxygen atoms in total. The standard InChI is InChI=1S/C36H45N3O4S/c1-7-19-37(26-13-11-10-12-14-26)33(41)30-29-17-18-36(44-29)31(30)34(42)39(28(22-40)24(5)9-3)32(36)35(43)38(20-8-2)27-21-23(4)15-16-25(27)6/h7-8,10-16,21,24,28-32,40H,1-2,9,17-20,22H2,3-6H3/t24-,28-,29-,30+,31-,32?,36?/m0/s1. The Labute approximate surface area is 266 Å². The molecule has 0 aromatic heterocycles. The molecule has 3 amide bonds. The summed E-state index contributed by atoms with van der Waals surface area (Å²) in [7, 11) is 0. The van der Waals surface area contributed by atoms with Gasteiger partial charge in [0.25, 0.3) is 5.91 Å². The van der Waals surface area contributed by atoms with E-state index in [4.69, 9.17) is 0 Å². The number of hydrogen-bond donors (Lipinski definition) is 1. The molecule has 3 aliphatic heterocycles. The second kappa shape index (κ2) is 12.9. The summed E-state index contributed by atoms with van der Waals surface area (Å²) < 4.78 is -0.770. The van der Waals surface area contributed by atoms with Crippen LogP contribution in [-0.4, -0.2) is 69.5 Å². The molecule has 8 heteroatoms. The molecule has 0 aliphatic carbocycles. The van der Waals surface area contributed by atoms with Gasteiger partial charge in [-0.1, -0.05) is 62.8 Å². The van der Waals surface area contributed by atoms with E-state index in [9.17, 15) is 14.7 Å². The minimum Gasteiger partial charge on any atom is -0.394 e. The topological polar surface area (TPSA) is 81.2 Å². The average Bonchev–Trinajstić information content (AvgIpc) is 3.67. The Kier molecular flexibility index (Phi) is 9.42. The number of aliphatic hydroxyl groups is 1. The number of thioether (sulfide) groups is 1. The van der Waals surface area contributed by atoms with Crippen molar-refractivity contribution >= 4 is 40.9 Å². The fourth-order valence-corrected chi connectivity index (χ4v) is 9.85. The van der Waals surface area contributed by atoms with Gasteiger partial charge in [0, 0.05) is 29.7 Å². The number of anilines is 2. The Balaban J connectivity index is 1.63. The first-order valence-electron chi connectivity index (χ1n) is 15.7. The summed E-state index contributed by atoms with van der Waals surface area (Å²) >= 11 is 1.66. The number of amides is 3. The van der Waals surface area contributed by atoms with Crippen molar-refractivity contribution in [1.82, 2.24) is 4.90 Å². The van der Waals surface area contributed by atoms with Gasteiger partial charge in [-0.3, -0.25) is 14.4 Å². The van der Waals surface area contributed by atoms with Crippen molar-refractivity contribution in [2.45, 2.75) is 69.0 Å². The third-order valence-electron chi connectivity index (χ3n) is 9.98. The van der Waals surface area contributed by atoms with Crippen molar-refractivity contribution in [3.63, 3.8) is 0 Å². The molecule has 2 aromatic rings. The van der Waals surface area contributed by atoms with Crippen LogP contribution in [0.3, 0.4) is 0 Å². The summed E-state index contributed by atoms with van der Waals surface area (Å²) in [6.07, 6.45) is 5.57. The van der Waals surface area contributed by atoms with Gasteiger partial charge in [0.1, 0.15) is 6.04 Å². The van der Waals surface area contributed by atoms with Crippen LogP contribution in [0.15, 0.2) is 73.8 Å². The molecule has 1 N–H and O–H groups in total. The van der Waals surface area contributed by atoms with Gasteiger partial charge in [0.15, 0.2) is 0 Å². The van der Waals surface area contributed by atoms with Crippen molar-refractivity contribution < 1.29 is 19.5 Å². The first-order valence-corrected chi connectivity index (χ1v) is 16.6. The molecular weight excluding hydrogens is 570 g/mol. The summed E-state index contributed by atoms with van der Waals surface area (Å²) in [6, 6.07) is 14.2. The molecule has 3 saturated heterocycles. The zero-order chi connectivity index (χ0) is 31.8. The lowest BCUT2D eigenvalue weighted by Crippen LogP contribution is -2.59. The molecule has 0 saturated carbocycles. The van der Waals surface area contributed by atoms with Crippen molar-refractivity contribution in [3.05, 3.63) is 85.0 Å². The van der Waals surface area contributed by atoms with Gasteiger partial charge >= 0.3 is 0 Å². The highest BCUT2D eigenvalue weighted by Gasteiger charge is 2.75. The Hall–Kier alpha value is -3.36. The van der Waals surface area contributed by atoms with E-state index < -0.39 is 28.7 Å². The Morgan fingerprint density at radius 2 is 1.77 bits per heavy atom. The van der Waals surface area contributed by atoms with E-state index in [0.29, 0.717) is 13.0 Å². The number of aryl methyl sites for hydroxylation is 2. The fraction of sp³-hybridized carbons (Fsp3) is 0.472. The molecule has 1 spiro atoms. The van der Waals surface area contributed by atoms with Gasteiger partial charge in [-0.25, -0.2) is 0 Å². The van der Waals surface area contributed by atoms with Crippen molar-refractivity contribution in [2.24, 2.45) is 17.8 Å². The van der Waals surface area contributed by atoms with E-state index in [-0.39, 0.29) is 42.0 Å². The Morgan fingerprint density at radius 3 is 2.41 bits per heavy atom. The molecule has 3 heterocycles. The van der Waals surface area contributed by atoms with Crippen LogP contribution in [0.2, 0.25) is 0 Å². The maximum Gasteiger partial charge on any atom is 0.251 e. The highest BCUT2D eigenvalue weighted by atomic mass is 32.2. The van der Waals surface area contributed by atoms with Crippen molar-refractivity contribution in [2.75, 3.05) is 29.5 Å². The minimum absolute atomic E-state index is 0.0408. The third kappa shape index (κ3) is 5.20. The smallest absolute Gasteiger partial charge is 0.251 e. The normalized spacial score (nSPS) is 26.7. The molecule has 3 fully saturated rings. The molecule has 0 radical (unpaired) electrons. The molecule has 3 aliphatic rings. The Morgan fingerprint density at radius 1 is 1.09 bits per heavy atom. The maximum atomic E-state index is 15.0. The maximum absolute atomic E-state index is 15.0. The lowest BCUT2D eigenvalue weighted by Gasteiger charge is -2.41. The third-order valence-corrected chi connectivity index (χ3v) is 11.9. The second-order valence-electron chi connectivity index (χ2n) is 12.5. The van der Waals surface area contributed by atoms with E-state index >= 15 is 4.79 Å². The number of benzene rings is 2. The highest BCUT2D eigenvalue weighted by Crippen LogP contribution is 2.67. The fourth-order valence-electron chi connectivity index (χ4n) is 7.66. The van der Waals surface area contributed by atoms with Gasteiger partial charge in [-0.15, -0.1) is 24.9 Å². The summed E-state index contributed by atoms with van der Waals surface area (Å²) in [6.45, 7) is 16.2. The van der Waals surface area contributed by atoms with Crippen LogP contribution in [0.4, 0.5) is 11.4 Å². The molecule has 234 valence electrons. The lowest BCUT2D eigenvalue weighted by atomic mass is 9.70. The zero-order valence-electron chi connectivity index (χ0n) is 26.3. The predicted molar refractivity (Wildman–Crippen MR) is 179 cm³/mol. The van der Waals surface area contributed by atoms with Gasteiger partial charge in [-0.2, -0.15) is 0 Å². The Bertz CT molecular complexity index is 1430. The van der Waals surface area contributed by atoms with Crippen LogP contribution < -0.4 is 9.80 Å². The molecule has 2 aromatic carbocycles. The largest absolute Gasteiger partial charge is 0.394 e. The number of nitrogens with zero attached hydrogens (tertiary/aromatic N) is 3. The number of hydrogen-bond acceptors (Lipinski definition) is 5. The quantitative estimate of drug-likeness (QED) is 0.317.